The fraction of sp³-hybridized carbons (Fsp3) is 0.235. The van der Waals surface area contributed by atoms with Gasteiger partial charge in [-0.05, 0) is 41.4 Å². The Morgan fingerprint density at radius 3 is 2.76 bits per heavy atom. The van der Waals surface area contributed by atoms with Gasteiger partial charge in [-0.15, -0.1) is 0 Å². The van der Waals surface area contributed by atoms with Crippen LogP contribution >= 0.6 is 27.5 Å². The highest BCUT2D eigenvalue weighted by Gasteiger charge is 2.12. The van der Waals surface area contributed by atoms with Crippen LogP contribution in [0.3, 0.4) is 0 Å². The number of aryl methyl sites for hydroxylation is 1. The molecule has 0 spiro atoms. The molecule has 0 aliphatic heterocycles. The molecular weight excluding hydrogens is 406 g/mol. The van der Waals surface area contributed by atoms with E-state index < -0.39 is 0 Å². The first-order chi connectivity index (χ1) is 11.9. The Hall–Kier alpha value is -2.12. The Kier molecular flexibility index (Phi) is 5.24. The van der Waals surface area contributed by atoms with Crippen molar-refractivity contribution in [2.24, 2.45) is 0 Å². The van der Waals surface area contributed by atoms with Crippen LogP contribution in [0.5, 0.6) is 0 Å². The number of nitrogens with zero attached hydrogens (tertiary/aromatic N) is 4. The van der Waals surface area contributed by atoms with Crippen molar-refractivity contribution < 1.29 is 4.79 Å². The van der Waals surface area contributed by atoms with Crippen molar-refractivity contribution in [1.29, 1.82) is 0 Å². The zero-order chi connectivity index (χ0) is 18.0. The van der Waals surface area contributed by atoms with Gasteiger partial charge in [0.2, 0.25) is 5.91 Å². The minimum Gasteiger partial charge on any atom is -0.322 e. The number of rotatable bonds is 5. The fourth-order valence-electron chi connectivity index (χ4n) is 2.48. The maximum Gasteiger partial charge on any atom is 0.246 e. The lowest BCUT2D eigenvalue weighted by atomic mass is 10.2. The molecule has 0 aliphatic rings. The monoisotopic (exact) mass is 421 g/mol. The number of halogens is 2. The zero-order valence-corrected chi connectivity index (χ0v) is 16.2. The van der Waals surface area contributed by atoms with E-state index in [0.29, 0.717) is 17.3 Å². The summed E-state index contributed by atoms with van der Waals surface area (Å²) in [5, 5.41) is 12.1. The summed E-state index contributed by atoms with van der Waals surface area (Å²) in [6, 6.07) is 7.61. The van der Waals surface area contributed by atoms with Crippen molar-refractivity contribution in [2.75, 3.05) is 5.32 Å². The summed E-state index contributed by atoms with van der Waals surface area (Å²) in [4.78, 5) is 12.2. The normalized spacial score (nSPS) is 10.9. The first-order valence-corrected chi connectivity index (χ1v) is 8.86. The van der Waals surface area contributed by atoms with Crippen LogP contribution in [-0.4, -0.2) is 25.5 Å². The van der Waals surface area contributed by atoms with Crippen LogP contribution in [0.2, 0.25) is 5.02 Å². The largest absolute Gasteiger partial charge is 0.322 e. The van der Waals surface area contributed by atoms with Crippen LogP contribution in [0, 0.1) is 13.8 Å². The summed E-state index contributed by atoms with van der Waals surface area (Å²) >= 11 is 9.62. The molecule has 0 radical (unpaired) electrons. The number of nitrogens with one attached hydrogen (secondary N) is 1. The quantitative estimate of drug-likeness (QED) is 0.680. The molecule has 8 heteroatoms. The molecule has 1 N–H and O–H groups in total. The van der Waals surface area contributed by atoms with Gasteiger partial charge in [0.25, 0.3) is 0 Å². The summed E-state index contributed by atoms with van der Waals surface area (Å²) in [5.41, 5.74) is 3.38. The van der Waals surface area contributed by atoms with E-state index in [1.807, 2.05) is 38.1 Å². The third kappa shape index (κ3) is 4.11. The van der Waals surface area contributed by atoms with E-state index in [9.17, 15) is 4.79 Å². The predicted molar refractivity (Wildman–Crippen MR) is 101 cm³/mol. The molecular formula is C17H17BrClN5O. The molecule has 25 heavy (non-hydrogen) atoms. The molecule has 0 saturated heterocycles. The number of aromatic nitrogens is 4. The van der Waals surface area contributed by atoms with E-state index in [1.54, 1.807) is 21.8 Å². The Balaban J connectivity index is 1.64. The van der Waals surface area contributed by atoms with Gasteiger partial charge in [0, 0.05) is 11.2 Å². The number of anilines is 1. The van der Waals surface area contributed by atoms with Gasteiger partial charge in [-0.2, -0.15) is 10.2 Å². The first-order valence-electron chi connectivity index (χ1n) is 7.69. The Morgan fingerprint density at radius 2 is 2.08 bits per heavy atom. The van der Waals surface area contributed by atoms with Gasteiger partial charge in [0.05, 0.1) is 34.3 Å². The Morgan fingerprint density at radius 1 is 1.32 bits per heavy atom. The van der Waals surface area contributed by atoms with E-state index in [-0.39, 0.29) is 12.5 Å². The van der Waals surface area contributed by atoms with E-state index in [4.69, 9.17) is 11.6 Å². The van der Waals surface area contributed by atoms with Crippen LogP contribution in [0.1, 0.15) is 17.0 Å². The second kappa shape index (κ2) is 7.41. The lowest BCUT2D eigenvalue weighted by Gasteiger charge is -2.05. The van der Waals surface area contributed by atoms with E-state index in [0.717, 1.165) is 21.4 Å². The standard InChI is InChI=1S/C17H17BrClN5O/c1-11-17(18)12(2)24(22-11)10-16(25)21-14-7-20-23(9-14)8-13-5-3-4-6-15(13)19/h3-7,9H,8,10H2,1-2H3,(H,21,25). The minimum atomic E-state index is -0.157. The third-order valence-electron chi connectivity index (χ3n) is 3.79. The summed E-state index contributed by atoms with van der Waals surface area (Å²) in [6.07, 6.45) is 3.39. The summed E-state index contributed by atoms with van der Waals surface area (Å²) in [7, 11) is 0. The van der Waals surface area contributed by atoms with Gasteiger partial charge in [0.1, 0.15) is 6.54 Å². The molecule has 6 nitrogen and oxygen atoms in total. The average Bonchev–Trinajstić information content (AvgIpc) is 3.10. The lowest BCUT2D eigenvalue weighted by Crippen LogP contribution is -2.20. The molecule has 0 aliphatic carbocycles. The van der Waals surface area contributed by atoms with E-state index in [2.05, 4.69) is 31.4 Å². The van der Waals surface area contributed by atoms with Crippen LogP contribution in [-0.2, 0) is 17.9 Å². The Labute approximate surface area is 158 Å². The second-order valence-corrected chi connectivity index (χ2v) is 6.91. The summed E-state index contributed by atoms with van der Waals surface area (Å²) in [6.45, 7) is 4.50. The molecule has 0 saturated carbocycles. The molecule has 0 unspecified atom stereocenters. The Bertz CT molecular complexity index is 918. The van der Waals surface area contributed by atoms with Crippen LogP contribution < -0.4 is 5.32 Å². The molecule has 2 heterocycles. The third-order valence-corrected chi connectivity index (χ3v) is 5.31. The van der Waals surface area contributed by atoms with Gasteiger partial charge in [-0.3, -0.25) is 14.2 Å². The van der Waals surface area contributed by atoms with Gasteiger partial charge in [-0.25, -0.2) is 0 Å². The molecule has 0 fully saturated rings. The van der Waals surface area contributed by atoms with Crippen molar-refractivity contribution in [3.63, 3.8) is 0 Å². The number of carbonyl (C=O) groups excluding carboxylic acids is 1. The minimum absolute atomic E-state index is 0.147. The first kappa shape index (κ1) is 17.7. The average molecular weight is 423 g/mol. The molecule has 3 rings (SSSR count). The smallest absolute Gasteiger partial charge is 0.246 e. The zero-order valence-electron chi connectivity index (χ0n) is 13.8. The highest BCUT2D eigenvalue weighted by Crippen LogP contribution is 2.20. The molecule has 2 aromatic heterocycles. The van der Waals surface area contributed by atoms with Crippen LogP contribution in [0.25, 0.3) is 0 Å². The predicted octanol–water partition coefficient (Wildman–Crippen LogP) is 3.80. The van der Waals surface area contributed by atoms with E-state index >= 15 is 0 Å². The second-order valence-electron chi connectivity index (χ2n) is 5.71. The highest BCUT2D eigenvalue weighted by atomic mass is 79.9. The van der Waals surface area contributed by atoms with E-state index in [1.165, 1.54) is 0 Å². The molecule has 1 amide bonds. The van der Waals surface area contributed by atoms with Crippen molar-refractivity contribution >= 4 is 39.1 Å². The van der Waals surface area contributed by atoms with Gasteiger partial charge in [0.15, 0.2) is 0 Å². The topological polar surface area (TPSA) is 64.7 Å². The van der Waals surface area contributed by atoms with Crippen molar-refractivity contribution in [2.45, 2.75) is 26.9 Å². The molecule has 3 aromatic rings. The highest BCUT2D eigenvalue weighted by molar-refractivity contribution is 9.10. The fourth-order valence-corrected chi connectivity index (χ4v) is 2.96. The number of carbonyl (C=O) groups is 1. The maximum atomic E-state index is 12.2. The molecule has 130 valence electrons. The van der Waals surface area contributed by atoms with Gasteiger partial charge < -0.3 is 5.32 Å². The van der Waals surface area contributed by atoms with Crippen LogP contribution in [0.4, 0.5) is 5.69 Å². The summed E-state index contributed by atoms with van der Waals surface area (Å²) < 4.78 is 4.33. The van der Waals surface area contributed by atoms with Gasteiger partial charge in [-0.1, -0.05) is 29.8 Å². The number of hydrogen-bond donors (Lipinski definition) is 1. The van der Waals surface area contributed by atoms with Crippen LogP contribution in [0.15, 0.2) is 41.1 Å². The molecule has 1 aromatic carbocycles. The number of benzene rings is 1. The lowest BCUT2D eigenvalue weighted by molar-refractivity contribution is -0.116. The molecule has 0 bridgehead atoms. The molecule has 0 atom stereocenters. The SMILES string of the molecule is Cc1nn(CC(=O)Nc2cnn(Cc3ccccc3Cl)c2)c(C)c1Br. The number of hydrogen-bond acceptors (Lipinski definition) is 3. The van der Waals surface area contributed by atoms with Crippen molar-refractivity contribution in [3.8, 4) is 0 Å². The van der Waals surface area contributed by atoms with Gasteiger partial charge >= 0.3 is 0 Å². The number of amides is 1. The maximum absolute atomic E-state index is 12.2. The summed E-state index contributed by atoms with van der Waals surface area (Å²) in [5.74, 6) is -0.157. The van der Waals surface area contributed by atoms with Crippen molar-refractivity contribution in [3.05, 3.63) is 63.1 Å². The van der Waals surface area contributed by atoms with Crippen molar-refractivity contribution in [1.82, 2.24) is 19.6 Å².